The molecule has 0 bridgehead atoms. The van der Waals surface area contributed by atoms with Crippen molar-refractivity contribution in [3.63, 3.8) is 0 Å². The van der Waals surface area contributed by atoms with Crippen LogP contribution in [0.15, 0.2) is 35.7 Å². The van der Waals surface area contributed by atoms with Gasteiger partial charge in [-0.3, -0.25) is 9.59 Å². The maximum atomic E-state index is 12.4. The number of thiophene rings is 1. The van der Waals surface area contributed by atoms with Crippen molar-refractivity contribution in [1.29, 1.82) is 0 Å². The Morgan fingerprint density at radius 1 is 1.32 bits per heavy atom. The van der Waals surface area contributed by atoms with Gasteiger partial charge in [-0.15, -0.1) is 11.3 Å². The highest BCUT2D eigenvalue weighted by molar-refractivity contribution is 7.10. The van der Waals surface area contributed by atoms with Crippen molar-refractivity contribution in [3.05, 3.63) is 51.2 Å². The average molecular weight is 422 g/mol. The van der Waals surface area contributed by atoms with Gasteiger partial charge in [-0.25, -0.2) is 0 Å². The normalized spacial score (nSPS) is 16.2. The molecule has 1 aliphatic heterocycles. The second-order valence-electron chi connectivity index (χ2n) is 6.78. The van der Waals surface area contributed by atoms with E-state index in [0.29, 0.717) is 24.6 Å². The number of rotatable bonds is 8. The van der Waals surface area contributed by atoms with Crippen LogP contribution in [0.1, 0.15) is 42.2 Å². The van der Waals surface area contributed by atoms with E-state index in [0.717, 1.165) is 24.2 Å². The number of hydrogen-bond acceptors (Lipinski definition) is 5. The van der Waals surface area contributed by atoms with Crippen LogP contribution >= 0.6 is 22.9 Å². The molecule has 0 radical (unpaired) electrons. The molecule has 1 amide bonds. The van der Waals surface area contributed by atoms with Gasteiger partial charge in [0.1, 0.15) is 5.75 Å². The van der Waals surface area contributed by atoms with Crippen LogP contribution in [0, 0.1) is 6.92 Å². The van der Waals surface area contributed by atoms with Gasteiger partial charge in [0.05, 0.1) is 12.6 Å². The maximum absolute atomic E-state index is 12.4. The smallest absolute Gasteiger partial charge is 0.306 e. The van der Waals surface area contributed by atoms with Crippen LogP contribution in [-0.4, -0.2) is 36.5 Å². The fourth-order valence-electron chi connectivity index (χ4n) is 3.25. The molecule has 7 heteroatoms. The lowest BCUT2D eigenvalue weighted by atomic mass is 10.2. The van der Waals surface area contributed by atoms with Gasteiger partial charge in [0, 0.05) is 22.9 Å². The van der Waals surface area contributed by atoms with E-state index in [1.165, 1.54) is 4.88 Å². The zero-order valence-electron chi connectivity index (χ0n) is 15.9. The molecule has 0 spiro atoms. The Bertz CT molecular complexity index is 809. The van der Waals surface area contributed by atoms with Crippen LogP contribution in [0.25, 0.3) is 0 Å². The molecule has 1 aromatic heterocycles. The van der Waals surface area contributed by atoms with Gasteiger partial charge in [0.2, 0.25) is 0 Å². The van der Waals surface area contributed by atoms with Crippen LogP contribution in [0.5, 0.6) is 5.75 Å². The Balaban J connectivity index is 1.36. The first-order chi connectivity index (χ1) is 13.5. The SMILES string of the molecule is Cc1cc(OCCCC(=O)OCC(=O)N2CCCC2c2cccs2)ccc1Cl. The molecule has 0 saturated carbocycles. The number of likely N-dealkylation sites (tertiary alicyclic amines) is 1. The second-order valence-corrected chi connectivity index (χ2v) is 8.17. The van der Waals surface area contributed by atoms with E-state index in [2.05, 4.69) is 6.07 Å². The zero-order chi connectivity index (χ0) is 19.9. The monoisotopic (exact) mass is 421 g/mol. The predicted molar refractivity (Wildman–Crippen MR) is 110 cm³/mol. The summed E-state index contributed by atoms with van der Waals surface area (Å²) in [5.74, 6) is 0.215. The van der Waals surface area contributed by atoms with Gasteiger partial charge in [0.25, 0.3) is 5.91 Å². The summed E-state index contributed by atoms with van der Waals surface area (Å²) in [6, 6.07) is 9.60. The van der Waals surface area contributed by atoms with Crippen molar-refractivity contribution in [2.75, 3.05) is 19.8 Å². The van der Waals surface area contributed by atoms with Crippen LogP contribution in [0.3, 0.4) is 0 Å². The van der Waals surface area contributed by atoms with Gasteiger partial charge in [-0.05, 0) is 61.4 Å². The van der Waals surface area contributed by atoms with Gasteiger partial charge in [0.15, 0.2) is 6.61 Å². The number of carbonyl (C=O) groups excluding carboxylic acids is 2. The van der Waals surface area contributed by atoms with Gasteiger partial charge in [-0.1, -0.05) is 17.7 Å². The molecule has 2 heterocycles. The molecular weight excluding hydrogens is 398 g/mol. The summed E-state index contributed by atoms with van der Waals surface area (Å²) in [7, 11) is 0. The molecule has 5 nitrogen and oxygen atoms in total. The summed E-state index contributed by atoms with van der Waals surface area (Å²) in [4.78, 5) is 27.4. The van der Waals surface area contributed by atoms with Gasteiger partial charge >= 0.3 is 5.97 Å². The largest absolute Gasteiger partial charge is 0.494 e. The second kappa shape index (κ2) is 9.94. The number of halogens is 1. The number of aryl methyl sites for hydroxylation is 1. The van der Waals surface area contributed by atoms with Crippen molar-refractivity contribution in [2.24, 2.45) is 0 Å². The lowest BCUT2D eigenvalue weighted by molar-refractivity contribution is -0.152. The van der Waals surface area contributed by atoms with Crippen LogP contribution in [-0.2, 0) is 14.3 Å². The van der Waals surface area contributed by atoms with Crippen molar-refractivity contribution >= 4 is 34.8 Å². The van der Waals surface area contributed by atoms with E-state index in [1.807, 2.05) is 29.3 Å². The van der Waals surface area contributed by atoms with Gasteiger partial charge < -0.3 is 14.4 Å². The molecule has 1 unspecified atom stereocenters. The zero-order valence-corrected chi connectivity index (χ0v) is 17.4. The minimum Gasteiger partial charge on any atom is -0.494 e. The molecule has 1 aromatic carbocycles. The fraction of sp³-hybridized carbons (Fsp3) is 0.429. The Morgan fingerprint density at radius 3 is 2.93 bits per heavy atom. The minimum atomic E-state index is -0.379. The van der Waals surface area contributed by atoms with Crippen molar-refractivity contribution in [2.45, 2.75) is 38.6 Å². The molecule has 3 rings (SSSR count). The highest BCUT2D eigenvalue weighted by Gasteiger charge is 2.30. The third-order valence-corrected chi connectivity index (χ3v) is 6.12. The Kier molecular flexibility index (Phi) is 7.34. The third kappa shape index (κ3) is 5.49. The van der Waals surface area contributed by atoms with E-state index < -0.39 is 0 Å². The molecule has 1 atom stereocenters. The van der Waals surface area contributed by atoms with E-state index in [4.69, 9.17) is 21.1 Å². The lowest BCUT2D eigenvalue weighted by Crippen LogP contribution is -2.34. The standard InChI is InChI=1S/C21H24ClNO4S/c1-15-13-16(8-9-17(15)22)26-11-3-7-21(25)27-14-20(24)23-10-2-5-18(23)19-6-4-12-28-19/h4,6,8-9,12-13,18H,2-3,5,7,10-11,14H2,1H3. The molecule has 0 aliphatic carbocycles. The molecule has 0 N–H and O–H groups in total. The Morgan fingerprint density at radius 2 is 2.18 bits per heavy atom. The Hall–Kier alpha value is -2.05. The lowest BCUT2D eigenvalue weighted by Gasteiger charge is -2.23. The number of esters is 1. The van der Waals surface area contributed by atoms with E-state index in [-0.39, 0.29) is 30.9 Å². The number of hydrogen-bond donors (Lipinski definition) is 0. The minimum absolute atomic E-state index is 0.113. The first kappa shape index (κ1) is 20.7. The maximum Gasteiger partial charge on any atom is 0.306 e. The number of benzene rings is 1. The van der Waals surface area contributed by atoms with Crippen molar-refractivity contribution < 1.29 is 19.1 Å². The summed E-state index contributed by atoms with van der Waals surface area (Å²) in [5, 5.41) is 2.71. The topological polar surface area (TPSA) is 55.8 Å². The first-order valence-electron chi connectivity index (χ1n) is 9.42. The molecule has 28 heavy (non-hydrogen) atoms. The highest BCUT2D eigenvalue weighted by atomic mass is 35.5. The third-order valence-electron chi connectivity index (χ3n) is 4.72. The quantitative estimate of drug-likeness (QED) is 0.454. The Labute approximate surface area is 174 Å². The molecule has 1 saturated heterocycles. The summed E-state index contributed by atoms with van der Waals surface area (Å²) < 4.78 is 10.8. The molecule has 1 aliphatic rings. The first-order valence-corrected chi connectivity index (χ1v) is 10.7. The number of nitrogens with zero attached hydrogens (tertiary/aromatic N) is 1. The van der Waals surface area contributed by atoms with Crippen LogP contribution in [0.4, 0.5) is 0 Å². The number of ether oxygens (including phenoxy) is 2. The molecule has 2 aromatic rings. The molecule has 150 valence electrons. The van der Waals surface area contributed by atoms with E-state index in [1.54, 1.807) is 23.5 Å². The highest BCUT2D eigenvalue weighted by Crippen LogP contribution is 2.34. The summed E-state index contributed by atoms with van der Waals surface area (Å²) in [5.41, 5.74) is 0.944. The van der Waals surface area contributed by atoms with Gasteiger partial charge in [-0.2, -0.15) is 0 Å². The van der Waals surface area contributed by atoms with Crippen LogP contribution in [0.2, 0.25) is 5.02 Å². The molecule has 1 fully saturated rings. The van der Waals surface area contributed by atoms with Crippen molar-refractivity contribution in [3.8, 4) is 5.75 Å². The summed E-state index contributed by atoms with van der Waals surface area (Å²) in [6.07, 6.45) is 2.68. The van der Waals surface area contributed by atoms with Crippen molar-refractivity contribution in [1.82, 2.24) is 4.90 Å². The van der Waals surface area contributed by atoms with E-state index >= 15 is 0 Å². The van der Waals surface area contributed by atoms with E-state index in [9.17, 15) is 9.59 Å². The fourth-order valence-corrected chi connectivity index (χ4v) is 4.24. The summed E-state index contributed by atoms with van der Waals surface area (Å²) in [6.45, 7) is 2.83. The van der Waals surface area contributed by atoms with Crippen LogP contribution < -0.4 is 4.74 Å². The average Bonchev–Trinajstić information content (AvgIpc) is 3.37. The summed E-state index contributed by atoms with van der Waals surface area (Å²) >= 11 is 7.64. The number of amides is 1. The molecular formula is C21H24ClNO4S. The predicted octanol–water partition coefficient (Wildman–Crippen LogP) is 4.78. The number of carbonyl (C=O) groups is 2.